The lowest BCUT2D eigenvalue weighted by Gasteiger charge is -2.16. The van der Waals surface area contributed by atoms with Crippen molar-refractivity contribution in [2.45, 2.75) is 64.7 Å². The lowest BCUT2D eigenvalue weighted by Crippen LogP contribution is -2.17. The van der Waals surface area contributed by atoms with Gasteiger partial charge in [-0.2, -0.15) is 0 Å². The van der Waals surface area contributed by atoms with Gasteiger partial charge in [0.25, 0.3) is 0 Å². The van der Waals surface area contributed by atoms with Gasteiger partial charge in [0.1, 0.15) is 0 Å². The van der Waals surface area contributed by atoms with Crippen molar-refractivity contribution in [1.82, 2.24) is 0 Å². The highest BCUT2D eigenvalue weighted by Gasteiger charge is 2.21. The van der Waals surface area contributed by atoms with E-state index in [1.165, 1.54) is 12.8 Å². The summed E-state index contributed by atoms with van der Waals surface area (Å²) < 4.78 is 5.46. The Morgan fingerprint density at radius 3 is 2.35 bits per heavy atom. The van der Waals surface area contributed by atoms with Crippen LogP contribution in [-0.2, 0) is 9.53 Å². The first kappa shape index (κ1) is 16.7. The second-order valence-electron chi connectivity index (χ2n) is 5.33. The molecule has 1 unspecified atom stereocenters. The van der Waals surface area contributed by atoms with Crippen LogP contribution in [0.2, 0.25) is 0 Å². The highest BCUT2D eigenvalue weighted by molar-refractivity contribution is 5.78. The molecule has 0 saturated carbocycles. The van der Waals surface area contributed by atoms with E-state index in [9.17, 15) is 4.79 Å². The Morgan fingerprint density at radius 1 is 1.00 bits per heavy atom. The van der Waals surface area contributed by atoms with Crippen molar-refractivity contribution in [3.63, 3.8) is 0 Å². The van der Waals surface area contributed by atoms with Crippen molar-refractivity contribution in [3.05, 3.63) is 35.9 Å². The fraction of sp³-hybridized carbons (Fsp3) is 0.611. The quantitative estimate of drug-likeness (QED) is 0.440. The summed E-state index contributed by atoms with van der Waals surface area (Å²) in [7, 11) is 0. The highest BCUT2D eigenvalue weighted by Crippen LogP contribution is 2.23. The summed E-state index contributed by atoms with van der Waals surface area (Å²) in [5.74, 6) is -0.150. The van der Waals surface area contributed by atoms with Gasteiger partial charge < -0.3 is 4.74 Å². The second kappa shape index (κ2) is 10.5. The zero-order chi connectivity index (χ0) is 14.6. The number of rotatable bonds is 10. The maximum atomic E-state index is 12.3. The van der Waals surface area contributed by atoms with E-state index in [0.717, 1.165) is 37.7 Å². The predicted octanol–water partition coefficient (Wildman–Crippen LogP) is 5.08. The van der Waals surface area contributed by atoms with Crippen LogP contribution in [0.3, 0.4) is 0 Å². The predicted molar refractivity (Wildman–Crippen MR) is 83.8 cm³/mol. The minimum Gasteiger partial charge on any atom is -0.465 e. The summed E-state index contributed by atoms with van der Waals surface area (Å²) in [5, 5.41) is 0. The van der Waals surface area contributed by atoms with Gasteiger partial charge >= 0.3 is 5.97 Å². The molecule has 1 atom stereocenters. The summed E-state index contributed by atoms with van der Waals surface area (Å²) in [6.45, 7) is 4.90. The molecule has 0 fully saturated rings. The molecule has 0 radical (unpaired) electrons. The van der Waals surface area contributed by atoms with E-state index in [-0.39, 0.29) is 11.9 Å². The molecule has 20 heavy (non-hydrogen) atoms. The van der Waals surface area contributed by atoms with Crippen molar-refractivity contribution in [2.75, 3.05) is 6.61 Å². The SMILES string of the molecule is CCCCCCOC(=O)C(CCCC)c1ccccc1. The molecule has 1 aromatic rings. The molecule has 2 nitrogen and oxygen atoms in total. The fourth-order valence-corrected chi connectivity index (χ4v) is 2.32. The van der Waals surface area contributed by atoms with Crippen molar-refractivity contribution in [3.8, 4) is 0 Å². The topological polar surface area (TPSA) is 26.3 Å². The van der Waals surface area contributed by atoms with Crippen LogP contribution >= 0.6 is 0 Å². The van der Waals surface area contributed by atoms with Crippen molar-refractivity contribution in [2.24, 2.45) is 0 Å². The zero-order valence-electron chi connectivity index (χ0n) is 12.9. The second-order valence-corrected chi connectivity index (χ2v) is 5.33. The summed E-state index contributed by atoms with van der Waals surface area (Å²) in [6.07, 6.45) is 7.60. The van der Waals surface area contributed by atoms with Crippen molar-refractivity contribution < 1.29 is 9.53 Å². The first-order chi connectivity index (χ1) is 9.79. The number of hydrogen-bond acceptors (Lipinski definition) is 2. The molecule has 0 aromatic heterocycles. The summed E-state index contributed by atoms with van der Waals surface area (Å²) in [4.78, 5) is 12.3. The lowest BCUT2D eigenvalue weighted by atomic mass is 9.94. The maximum absolute atomic E-state index is 12.3. The van der Waals surface area contributed by atoms with Gasteiger partial charge in [0.05, 0.1) is 12.5 Å². The fourth-order valence-electron chi connectivity index (χ4n) is 2.32. The molecule has 0 heterocycles. The average Bonchev–Trinajstić information content (AvgIpc) is 2.48. The molecule has 0 amide bonds. The smallest absolute Gasteiger partial charge is 0.313 e. The van der Waals surface area contributed by atoms with E-state index in [1.54, 1.807) is 0 Å². The van der Waals surface area contributed by atoms with Crippen LogP contribution in [0, 0.1) is 0 Å². The molecule has 0 bridgehead atoms. The van der Waals surface area contributed by atoms with Gasteiger partial charge in [-0.05, 0) is 18.4 Å². The van der Waals surface area contributed by atoms with Crippen molar-refractivity contribution in [1.29, 1.82) is 0 Å². The number of carbonyl (C=O) groups excluding carboxylic acids is 1. The Hall–Kier alpha value is -1.31. The van der Waals surface area contributed by atoms with Crippen LogP contribution < -0.4 is 0 Å². The largest absolute Gasteiger partial charge is 0.465 e. The molecule has 0 spiro atoms. The van der Waals surface area contributed by atoms with E-state index < -0.39 is 0 Å². The molecule has 112 valence electrons. The minimum atomic E-state index is -0.0951. The van der Waals surface area contributed by atoms with E-state index in [2.05, 4.69) is 13.8 Å². The Morgan fingerprint density at radius 2 is 1.70 bits per heavy atom. The van der Waals surface area contributed by atoms with Gasteiger partial charge in [-0.3, -0.25) is 4.79 Å². The van der Waals surface area contributed by atoms with Gasteiger partial charge in [-0.1, -0.05) is 76.3 Å². The van der Waals surface area contributed by atoms with E-state index in [1.807, 2.05) is 30.3 Å². The van der Waals surface area contributed by atoms with Gasteiger partial charge in [0, 0.05) is 0 Å². The maximum Gasteiger partial charge on any atom is 0.313 e. The molecule has 1 rings (SSSR count). The Kier molecular flexibility index (Phi) is 8.77. The molecular formula is C18H28O2. The summed E-state index contributed by atoms with van der Waals surface area (Å²) in [6, 6.07) is 10.0. The molecule has 0 aliphatic rings. The standard InChI is InChI=1S/C18H28O2/c1-3-5-7-11-15-20-18(19)17(14-6-4-2)16-12-9-8-10-13-16/h8-10,12-13,17H,3-7,11,14-15H2,1-2H3. The average molecular weight is 276 g/mol. The number of esters is 1. The molecule has 0 aliphatic heterocycles. The third-order valence-corrected chi connectivity index (χ3v) is 3.58. The van der Waals surface area contributed by atoms with Crippen LogP contribution in [0.5, 0.6) is 0 Å². The molecule has 2 heteroatoms. The van der Waals surface area contributed by atoms with Crippen LogP contribution in [-0.4, -0.2) is 12.6 Å². The van der Waals surface area contributed by atoms with Crippen LogP contribution in [0.4, 0.5) is 0 Å². The van der Waals surface area contributed by atoms with E-state index >= 15 is 0 Å². The van der Waals surface area contributed by atoms with E-state index in [0.29, 0.717) is 6.61 Å². The number of ether oxygens (including phenoxy) is 1. The van der Waals surface area contributed by atoms with Crippen LogP contribution in [0.15, 0.2) is 30.3 Å². The summed E-state index contributed by atoms with van der Waals surface area (Å²) >= 11 is 0. The number of benzene rings is 1. The first-order valence-corrected chi connectivity index (χ1v) is 8.01. The normalized spacial score (nSPS) is 12.1. The zero-order valence-corrected chi connectivity index (χ0v) is 12.9. The first-order valence-electron chi connectivity index (χ1n) is 8.01. The number of hydrogen-bond donors (Lipinski definition) is 0. The minimum absolute atomic E-state index is 0.0545. The van der Waals surface area contributed by atoms with Gasteiger partial charge in [-0.25, -0.2) is 0 Å². The molecule has 0 N–H and O–H groups in total. The summed E-state index contributed by atoms with van der Waals surface area (Å²) in [5.41, 5.74) is 1.08. The molecule has 0 saturated heterocycles. The lowest BCUT2D eigenvalue weighted by molar-refractivity contribution is -0.145. The van der Waals surface area contributed by atoms with Gasteiger partial charge in [0.2, 0.25) is 0 Å². The molecule has 0 aliphatic carbocycles. The van der Waals surface area contributed by atoms with E-state index in [4.69, 9.17) is 4.74 Å². The van der Waals surface area contributed by atoms with Crippen molar-refractivity contribution >= 4 is 5.97 Å². The Balaban J connectivity index is 2.48. The monoisotopic (exact) mass is 276 g/mol. The van der Waals surface area contributed by atoms with Crippen LogP contribution in [0.25, 0.3) is 0 Å². The Bertz CT molecular complexity index is 359. The number of carbonyl (C=O) groups is 1. The molecular weight excluding hydrogens is 248 g/mol. The Labute approximate surface area is 123 Å². The third-order valence-electron chi connectivity index (χ3n) is 3.58. The highest BCUT2D eigenvalue weighted by atomic mass is 16.5. The van der Waals surface area contributed by atoms with Crippen LogP contribution in [0.1, 0.15) is 70.3 Å². The number of unbranched alkanes of at least 4 members (excludes halogenated alkanes) is 4. The molecule has 1 aromatic carbocycles. The third kappa shape index (κ3) is 6.23. The van der Waals surface area contributed by atoms with Gasteiger partial charge in [0.15, 0.2) is 0 Å². The van der Waals surface area contributed by atoms with Gasteiger partial charge in [-0.15, -0.1) is 0 Å².